The first-order valence-electron chi connectivity index (χ1n) is 9.66. The van der Waals surface area contributed by atoms with Gasteiger partial charge in [0.15, 0.2) is 5.96 Å². The molecule has 136 valence electrons. The Balaban J connectivity index is 1.31. The molecule has 0 spiro atoms. The van der Waals surface area contributed by atoms with Crippen LogP contribution in [-0.2, 0) is 13.0 Å². The molecular weight excluding hydrogens is 320 g/mol. The second kappa shape index (κ2) is 7.81. The first-order chi connectivity index (χ1) is 12.8. The van der Waals surface area contributed by atoms with Crippen molar-refractivity contribution in [3.8, 4) is 0 Å². The van der Waals surface area contributed by atoms with Gasteiger partial charge in [-0.05, 0) is 42.0 Å². The summed E-state index contributed by atoms with van der Waals surface area (Å²) < 4.78 is 0. The fourth-order valence-electron chi connectivity index (χ4n) is 4.12. The molecular formula is C22H28N4. The minimum Gasteiger partial charge on any atom is -0.371 e. The third-order valence-corrected chi connectivity index (χ3v) is 5.60. The van der Waals surface area contributed by atoms with Crippen molar-refractivity contribution in [2.24, 2.45) is 10.9 Å². The number of nitrogens with one attached hydrogen (secondary N) is 1. The highest BCUT2D eigenvalue weighted by Crippen LogP contribution is 2.23. The molecule has 0 aromatic heterocycles. The molecule has 0 aliphatic carbocycles. The maximum Gasteiger partial charge on any atom is 0.193 e. The highest BCUT2D eigenvalue weighted by Gasteiger charge is 2.24. The molecule has 2 aromatic rings. The predicted molar refractivity (Wildman–Crippen MR) is 109 cm³/mol. The molecule has 1 fully saturated rings. The van der Waals surface area contributed by atoms with Gasteiger partial charge in [0.1, 0.15) is 0 Å². The Morgan fingerprint density at radius 3 is 2.62 bits per heavy atom. The standard InChI is InChI=1S/C22H28N4/c1-23-22(26-14-12-19-7-5-6-8-20(19)17-26)24-15-18-11-13-25(16-18)21-9-3-2-4-10-21/h2-10,18H,11-17H2,1H3,(H,23,24). The molecule has 1 N–H and O–H groups in total. The van der Waals surface area contributed by atoms with E-state index in [2.05, 4.69) is 74.7 Å². The van der Waals surface area contributed by atoms with Crippen molar-refractivity contribution in [1.29, 1.82) is 0 Å². The van der Waals surface area contributed by atoms with Crippen molar-refractivity contribution in [1.82, 2.24) is 10.2 Å². The molecule has 2 aromatic carbocycles. The number of benzene rings is 2. The fraction of sp³-hybridized carbons (Fsp3) is 0.409. The third-order valence-electron chi connectivity index (χ3n) is 5.60. The number of para-hydroxylation sites is 1. The summed E-state index contributed by atoms with van der Waals surface area (Å²) in [7, 11) is 1.90. The van der Waals surface area contributed by atoms with Crippen LogP contribution >= 0.6 is 0 Å². The monoisotopic (exact) mass is 348 g/mol. The van der Waals surface area contributed by atoms with Crippen LogP contribution in [0, 0.1) is 5.92 Å². The zero-order chi connectivity index (χ0) is 17.8. The van der Waals surface area contributed by atoms with Gasteiger partial charge in [-0.3, -0.25) is 4.99 Å². The van der Waals surface area contributed by atoms with Gasteiger partial charge in [0.2, 0.25) is 0 Å². The SMILES string of the molecule is CN=C(NCC1CCN(c2ccccc2)C1)N1CCc2ccccc2C1. The largest absolute Gasteiger partial charge is 0.371 e. The molecule has 4 nitrogen and oxygen atoms in total. The predicted octanol–water partition coefficient (Wildman–Crippen LogP) is 3.15. The van der Waals surface area contributed by atoms with Crippen LogP contribution < -0.4 is 10.2 Å². The van der Waals surface area contributed by atoms with Gasteiger partial charge >= 0.3 is 0 Å². The van der Waals surface area contributed by atoms with Crippen molar-refractivity contribution in [2.75, 3.05) is 38.1 Å². The molecule has 2 aliphatic rings. The molecule has 0 radical (unpaired) electrons. The van der Waals surface area contributed by atoms with Gasteiger partial charge in [-0.1, -0.05) is 42.5 Å². The maximum absolute atomic E-state index is 4.54. The normalized spacial score (nSPS) is 20.2. The van der Waals surface area contributed by atoms with Crippen LogP contribution in [0.2, 0.25) is 0 Å². The number of nitrogens with zero attached hydrogens (tertiary/aromatic N) is 3. The Labute approximate surface area is 156 Å². The van der Waals surface area contributed by atoms with Gasteiger partial charge in [0.05, 0.1) is 0 Å². The lowest BCUT2D eigenvalue weighted by Crippen LogP contribution is -2.45. The van der Waals surface area contributed by atoms with E-state index >= 15 is 0 Å². The lowest BCUT2D eigenvalue weighted by Gasteiger charge is -2.32. The second-order valence-corrected chi connectivity index (χ2v) is 7.30. The minimum absolute atomic E-state index is 0.670. The molecule has 0 bridgehead atoms. The van der Waals surface area contributed by atoms with E-state index in [0.29, 0.717) is 5.92 Å². The average molecular weight is 348 g/mol. The Morgan fingerprint density at radius 1 is 1.04 bits per heavy atom. The summed E-state index contributed by atoms with van der Waals surface area (Å²) in [6, 6.07) is 19.5. The van der Waals surface area contributed by atoms with Gasteiger partial charge in [-0.15, -0.1) is 0 Å². The highest BCUT2D eigenvalue weighted by molar-refractivity contribution is 5.80. The lowest BCUT2D eigenvalue weighted by molar-refractivity contribution is 0.374. The molecule has 2 aliphatic heterocycles. The molecule has 1 atom stereocenters. The summed E-state index contributed by atoms with van der Waals surface area (Å²) >= 11 is 0. The van der Waals surface area contributed by atoms with E-state index in [9.17, 15) is 0 Å². The van der Waals surface area contributed by atoms with Crippen LogP contribution in [-0.4, -0.2) is 44.1 Å². The molecule has 1 unspecified atom stereocenters. The van der Waals surface area contributed by atoms with Crippen LogP contribution in [0.3, 0.4) is 0 Å². The van der Waals surface area contributed by atoms with Crippen molar-refractivity contribution >= 4 is 11.6 Å². The molecule has 0 saturated carbocycles. The Morgan fingerprint density at radius 2 is 1.81 bits per heavy atom. The lowest BCUT2D eigenvalue weighted by atomic mass is 10.0. The summed E-state index contributed by atoms with van der Waals surface area (Å²) in [5.41, 5.74) is 4.25. The molecule has 1 saturated heterocycles. The highest BCUT2D eigenvalue weighted by atomic mass is 15.3. The zero-order valence-electron chi connectivity index (χ0n) is 15.6. The smallest absolute Gasteiger partial charge is 0.193 e. The molecule has 0 amide bonds. The van der Waals surface area contributed by atoms with E-state index in [4.69, 9.17) is 0 Å². The van der Waals surface area contributed by atoms with E-state index in [-0.39, 0.29) is 0 Å². The number of anilines is 1. The number of guanidine groups is 1. The van der Waals surface area contributed by atoms with Crippen molar-refractivity contribution in [3.63, 3.8) is 0 Å². The van der Waals surface area contributed by atoms with Gasteiger partial charge in [-0.2, -0.15) is 0 Å². The van der Waals surface area contributed by atoms with Crippen molar-refractivity contribution in [3.05, 3.63) is 65.7 Å². The quantitative estimate of drug-likeness (QED) is 0.683. The van der Waals surface area contributed by atoms with E-state index in [1.807, 2.05) is 7.05 Å². The first kappa shape index (κ1) is 17.0. The fourth-order valence-corrected chi connectivity index (χ4v) is 4.12. The third kappa shape index (κ3) is 3.69. The number of rotatable bonds is 3. The summed E-state index contributed by atoms with van der Waals surface area (Å²) in [6.07, 6.45) is 2.34. The Bertz CT molecular complexity index is 756. The molecule has 4 rings (SSSR count). The first-order valence-corrected chi connectivity index (χ1v) is 9.66. The Hall–Kier alpha value is -2.49. The number of fused-ring (bicyclic) bond motifs is 1. The van der Waals surface area contributed by atoms with Crippen LogP contribution in [0.5, 0.6) is 0 Å². The van der Waals surface area contributed by atoms with Gasteiger partial charge < -0.3 is 15.1 Å². The number of hydrogen-bond acceptors (Lipinski definition) is 2. The van der Waals surface area contributed by atoms with Gasteiger partial charge in [0.25, 0.3) is 0 Å². The summed E-state index contributed by atoms with van der Waals surface area (Å²) in [5.74, 6) is 1.71. The average Bonchev–Trinajstić information content (AvgIpc) is 3.18. The van der Waals surface area contributed by atoms with Gasteiger partial charge in [-0.25, -0.2) is 0 Å². The van der Waals surface area contributed by atoms with Crippen molar-refractivity contribution in [2.45, 2.75) is 19.4 Å². The summed E-state index contributed by atoms with van der Waals surface area (Å²) in [6.45, 7) is 5.26. The summed E-state index contributed by atoms with van der Waals surface area (Å²) in [4.78, 5) is 9.41. The van der Waals surface area contributed by atoms with Crippen LogP contribution in [0.4, 0.5) is 5.69 Å². The molecule has 26 heavy (non-hydrogen) atoms. The van der Waals surface area contributed by atoms with Crippen LogP contribution in [0.1, 0.15) is 17.5 Å². The molecule has 2 heterocycles. The van der Waals surface area contributed by atoms with E-state index in [1.54, 1.807) is 0 Å². The van der Waals surface area contributed by atoms with Crippen LogP contribution in [0.25, 0.3) is 0 Å². The minimum atomic E-state index is 0.670. The summed E-state index contributed by atoms with van der Waals surface area (Å²) in [5, 5.41) is 3.63. The molecule has 4 heteroatoms. The second-order valence-electron chi connectivity index (χ2n) is 7.30. The number of hydrogen-bond donors (Lipinski definition) is 1. The van der Waals surface area contributed by atoms with E-state index in [1.165, 1.54) is 23.2 Å². The zero-order valence-corrected chi connectivity index (χ0v) is 15.6. The topological polar surface area (TPSA) is 30.9 Å². The van der Waals surface area contributed by atoms with E-state index in [0.717, 1.165) is 45.1 Å². The number of aliphatic imine (C=N–C) groups is 1. The van der Waals surface area contributed by atoms with Gasteiger partial charge in [0, 0.05) is 45.5 Å². The van der Waals surface area contributed by atoms with Crippen LogP contribution in [0.15, 0.2) is 59.6 Å². The van der Waals surface area contributed by atoms with E-state index < -0.39 is 0 Å². The van der Waals surface area contributed by atoms with Crippen molar-refractivity contribution < 1.29 is 0 Å². The maximum atomic E-state index is 4.54. The Kier molecular flexibility index (Phi) is 5.09.